The largest absolute Gasteiger partial charge is 0.384 e. The quantitative estimate of drug-likeness (QED) is 0.659. The van der Waals surface area contributed by atoms with Crippen LogP contribution < -0.4 is 5.73 Å². The maximum absolute atomic E-state index is 13.6. The highest BCUT2D eigenvalue weighted by Crippen LogP contribution is 2.31. The maximum atomic E-state index is 13.6. The van der Waals surface area contributed by atoms with Crippen LogP contribution in [-0.4, -0.2) is 5.84 Å². The van der Waals surface area contributed by atoms with Crippen molar-refractivity contribution in [1.82, 2.24) is 0 Å². The molecule has 2 nitrogen and oxygen atoms in total. The summed E-state index contributed by atoms with van der Waals surface area (Å²) in [6, 6.07) is 10.3. The van der Waals surface area contributed by atoms with Crippen molar-refractivity contribution in [3.05, 3.63) is 59.7 Å². The van der Waals surface area contributed by atoms with Gasteiger partial charge >= 0.3 is 0 Å². The molecular formula is C13H10F2N2S. The van der Waals surface area contributed by atoms with Crippen LogP contribution in [0.4, 0.5) is 8.78 Å². The lowest BCUT2D eigenvalue weighted by Gasteiger charge is -2.08. The topological polar surface area (TPSA) is 49.9 Å². The Balaban J connectivity index is 2.37. The number of amidine groups is 1. The van der Waals surface area contributed by atoms with E-state index in [1.807, 2.05) is 0 Å². The van der Waals surface area contributed by atoms with E-state index in [9.17, 15) is 8.78 Å². The molecule has 0 radical (unpaired) electrons. The lowest BCUT2D eigenvalue weighted by atomic mass is 10.2. The van der Waals surface area contributed by atoms with Crippen molar-refractivity contribution in [1.29, 1.82) is 5.41 Å². The van der Waals surface area contributed by atoms with E-state index >= 15 is 0 Å². The van der Waals surface area contributed by atoms with Crippen molar-refractivity contribution in [3.63, 3.8) is 0 Å². The number of halogens is 2. The molecule has 3 N–H and O–H groups in total. The SMILES string of the molecule is N=C(N)c1c(F)cccc1Sc1ccc(F)cc1. The summed E-state index contributed by atoms with van der Waals surface area (Å²) in [6.07, 6.45) is 0. The van der Waals surface area contributed by atoms with E-state index in [2.05, 4.69) is 0 Å². The zero-order valence-corrected chi connectivity index (χ0v) is 10.1. The molecule has 2 aromatic rings. The normalized spacial score (nSPS) is 10.3. The Morgan fingerprint density at radius 3 is 2.33 bits per heavy atom. The van der Waals surface area contributed by atoms with Gasteiger partial charge in [0, 0.05) is 9.79 Å². The fourth-order valence-electron chi connectivity index (χ4n) is 1.48. The van der Waals surface area contributed by atoms with Crippen molar-refractivity contribution >= 4 is 17.6 Å². The van der Waals surface area contributed by atoms with E-state index in [1.54, 1.807) is 24.3 Å². The van der Waals surface area contributed by atoms with E-state index in [0.717, 1.165) is 4.90 Å². The molecular weight excluding hydrogens is 254 g/mol. The smallest absolute Gasteiger partial charge is 0.135 e. The summed E-state index contributed by atoms with van der Waals surface area (Å²) in [5.74, 6) is -1.18. The highest BCUT2D eigenvalue weighted by atomic mass is 32.2. The molecule has 0 aliphatic rings. The molecule has 2 aromatic carbocycles. The Morgan fingerprint density at radius 2 is 1.72 bits per heavy atom. The Bertz CT molecular complexity index is 582. The molecule has 0 atom stereocenters. The second-order valence-corrected chi connectivity index (χ2v) is 4.70. The maximum Gasteiger partial charge on any atom is 0.135 e. The van der Waals surface area contributed by atoms with E-state index < -0.39 is 5.82 Å². The summed E-state index contributed by atoms with van der Waals surface area (Å²) in [7, 11) is 0. The van der Waals surface area contributed by atoms with Gasteiger partial charge in [0.25, 0.3) is 0 Å². The van der Waals surface area contributed by atoms with E-state index in [4.69, 9.17) is 11.1 Å². The monoisotopic (exact) mass is 264 g/mol. The molecule has 0 saturated heterocycles. The average molecular weight is 264 g/mol. The Morgan fingerprint density at radius 1 is 1.06 bits per heavy atom. The van der Waals surface area contributed by atoms with Crippen molar-refractivity contribution < 1.29 is 8.78 Å². The summed E-state index contributed by atoms with van der Waals surface area (Å²) < 4.78 is 26.3. The molecule has 0 saturated carbocycles. The molecule has 0 spiro atoms. The van der Waals surface area contributed by atoms with Crippen LogP contribution in [0.25, 0.3) is 0 Å². The van der Waals surface area contributed by atoms with Crippen molar-refractivity contribution in [3.8, 4) is 0 Å². The van der Waals surface area contributed by atoms with Gasteiger partial charge in [0.2, 0.25) is 0 Å². The molecule has 0 unspecified atom stereocenters. The second kappa shape index (κ2) is 5.18. The van der Waals surface area contributed by atoms with Gasteiger partial charge in [-0.1, -0.05) is 17.8 Å². The lowest BCUT2D eigenvalue weighted by molar-refractivity contribution is 0.620. The molecule has 0 aliphatic heterocycles. The van der Waals surface area contributed by atoms with Crippen LogP contribution in [0.1, 0.15) is 5.56 Å². The summed E-state index contributed by atoms with van der Waals surface area (Å²) >= 11 is 1.24. The van der Waals surface area contributed by atoms with Crippen molar-refractivity contribution in [2.24, 2.45) is 5.73 Å². The number of hydrogen-bond acceptors (Lipinski definition) is 2. The second-order valence-electron chi connectivity index (χ2n) is 3.58. The number of hydrogen-bond donors (Lipinski definition) is 2. The van der Waals surface area contributed by atoms with Gasteiger partial charge in [0.05, 0.1) is 5.56 Å². The summed E-state index contributed by atoms with van der Waals surface area (Å²) in [5, 5.41) is 7.38. The fraction of sp³-hybridized carbons (Fsp3) is 0. The predicted molar refractivity (Wildman–Crippen MR) is 67.9 cm³/mol. The van der Waals surface area contributed by atoms with E-state index in [1.165, 1.54) is 30.0 Å². The molecule has 18 heavy (non-hydrogen) atoms. The van der Waals surface area contributed by atoms with Gasteiger partial charge in [-0.05, 0) is 36.4 Å². The van der Waals surface area contributed by atoms with Gasteiger partial charge in [-0.3, -0.25) is 5.41 Å². The molecule has 2 rings (SSSR count). The van der Waals surface area contributed by atoms with Gasteiger partial charge in [0.15, 0.2) is 0 Å². The summed E-state index contributed by atoms with van der Waals surface area (Å²) in [6.45, 7) is 0. The van der Waals surface area contributed by atoms with E-state index in [0.29, 0.717) is 4.90 Å². The molecule has 5 heteroatoms. The Hall–Kier alpha value is -1.88. The van der Waals surface area contributed by atoms with Crippen LogP contribution in [0.2, 0.25) is 0 Å². The molecule has 0 amide bonds. The van der Waals surface area contributed by atoms with Gasteiger partial charge in [0.1, 0.15) is 17.5 Å². The van der Waals surface area contributed by atoms with Crippen LogP contribution in [0, 0.1) is 17.0 Å². The Labute approximate surface area is 107 Å². The zero-order chi connectivity index (χ0) is 13.1. The van der Waals surface area contributed by atoms with E-state index in [-0.39, 0.29) is 17.2 Å². The van der Waals surface area contributed by atoms with Gasteiger partial charge in [-0.25, -0.2) is 8.78 Å². The first-order chi connectivity index (χ1) is 8.58. The summed E-state index contributed by atoms with van der Waals surface area (Å²) in [4.78, 5) is 1.29. The highest BCUT2D eigenvalue weighted by molar-refractivity contribution is 7.99. The van der Waals surface area contributed by atoms with Crippen LogP contribution in [-0.2, 0) is 0 Å². The standard InChI is InChI=1S/C13H10F2N2S/c14-8-4-6-9(7-5-8)18-11-3-1-2-10(15)12(11)13(16)17/h1-7H,(H3,16,17). The Kier molecular flexibility index (Phi) is 3.62. The zero-order valence-electron chi connectivity index (χ0n) is 9.28. The first kappa shape index (κ1) is 12.6. The summed E-state index contributed by atoms with van der Waals surface area (Å²) in [5.41, 5.74) is 5.44. The minimum absolute atomic E-state index is 0.0758. The molecule has 0 bridgehead atoms. The number of nitrogen functional groups attached to an aromatic ring is 1. The molecule has 0 fully saturated rings. The van der Waals surface area contributed by atoms with Crippen LogP contribution >= 0.6 is 11.8 Å². The third-order valence-corrected chi connectivity index (χ3v) is 3.35. The third kappa shape index (κ3) is 2.68. The first-order valence-corrected chi connectivity index (χ1v) is 5.96. The van der Waals surface area contributed by atoms with Gasteiger partial charge in [-0.15, -0.1) is 0 Å². The van der Waals surface area contributed by atoms with Crippen molar-refractivity contribution in [2.45, 2.75) is 9.79 Å². The third-order valence-electron chi connectivity index (χ3n) is 2.29. The van der Waals surface area contributed by atoms with Gasteiger partial charge < -0.3 is 5.73 Å². The first-order valence-electron chi connectivity index (χ1n) is 5.14. The van der Waals surface area contributed by atoms with Crippen LogP contribution in [0.15, 0.2) is 52.3 Å². The van der Waals surface area contributed by atoms with Crippen LogP contribution in [0.5, 0.6) is 0 Å². The highest BCUT2D eigenvalue weighted by Gasteiger charge is 2.12. The number of nitrogens with one attached hydrogen (secondary N) is 1. The minimum Gasteiger partial charge on any atom is -0.384 e. The fourth-order valence-corrected chi connectivity index (χ4v) is 2.46. The number of nitrogens with two attached hydrogens (primary N) is 1. The number of benzene rings is 2. The molecule has 92 valence electrons. The van der Waals surface area contributed by atoms with Crippen LogP contribution in [0.3, 0.4) is 0 Å². The number of rotatable bonds is 3. The molecule has 0 aliphatic carbocycles. The molecule has 0 heterocycles. The average Bonchev–Trinajstić information content (AvgIpc) is 2.32. The minimum atomic E-state index is -0.533. The van der Waals surface area contributed by atoms with Gasteiger partial charge in [-0.2, -0.15) is 0 Å². The van der Waals surface area contributed by atoms with Crippen molar-refractivity contribution in [2.75, 3.05) is 0 Å². The lowest BCUT2D eigenvalue weighted by Crippen LogP contribution is -2.14. The predicted octanol–water partition coefficient (Wildman–Crippen LogP) is 3.40. The molecule has 0 aromatic heterocycles.